The zero-order chi connectivity index (χ0) is 17.6. The number of ether oxygens (including phenoxy) is 1. The number of hydrogen-bond acceptors (Lipinski definition) is 6. The van der Waals surface area contributed by atoms with Crippen molar-refractivity contribution in [1.29, 1.82) is 0 Å². The first-order chi connectivity index (χ1) is 11.3. The average molecular weight is 360 g/mol. The summed E-state index contributed by atoms with van der Waals surface area (Å²) in [5.74, 6) is -1.50. The van der Waals surface area contributed by atoms with Gasteiger partial charge in [-0.25, -0.2) is 13.2 Å². The van der Waals surface area contributed by atoms with Crippen molar-refractivity contribution in [3.05, 3.63) is 0 Å². The predicted molar refractivity (Wildman–Crippen MR) is 85.9 cm³/mol. The second kappa shape index (κ2) is 8.46. The summed E-state index contributed by atoms with van der Waals surface area (Å²) in [5, 5.41) is 4.85. The van der Waals surface area contributed by atoms with Crippen LogP contribution in [0.3, 0.4) is 0 Å². The van der Waals surface area contributed by atoms with E-state index in [0.29, 0.717) is 6.42 Å². The molecule has 0 aromatic rings. The summed E-state index contributed by atoms with van der Waals surface area (Å²) in [7, 11) is -3.04. The highest BCUT2D eigenvalue weighted by Crippen LogP contribution is 2.21. The highest BCUT2D eigenvalue weighted by atomic mass is 32.2. The minimum Gasteiger partial charge on any atom is -0.456 e. The fourth-order valence-corrected chi connectivity index (χ4v) is 4.97. The zero-order valence-electron chi connectivity index (χ0n) is 13.6. The van der Waals surface area contributed by atoms with Crippen LogP contribution in [0.2, 0.25) is 0 Å². The monoisotopic (exact) mass is 360 g/mol. The summed E-state index contributed by atoms with van der Waals surface area (Å²) in [4.78, 5) is 34.9. The van der Waals surface area contributed by atoms with Crippen LogP contribution in [0.1, 0.15) is 44.9 Å². The van der Waals surface area contributed by atoms with Crippen LogP contribution in [-0.4, -0.2) is 50.5 Å². The Bertz CT molecular complexity index is 583. The Kier molecular flexibility index (Phi) is 6.59. The number of rotatable bonds is 5. The molecule has 0 aromatic heterocycles. The van der Waals surface area contributed by atoms with E-state index in [2.05, 4.69) is 10.6 Å². The summed E-state index contributed by atoms with van der Waals surface area (Å²) in [5.41, 5.74) is 0. The third-order valence-electron chi connectivity index (χ3n) is 4.34. The summed E-state index contributed by atoms with van der Waals surface area (Å²) >= 11 is 0. The summed E-state index contributed by atoms with van der Waals surface area (Å²) in [6.07, 6.45) is 5.51. The van der Waals surface area contributed by atoms with Crippen LogP contribution in [0, 0.1) is 5.92 Å². The van der Waals surface area contributed by atoms with Crippen molar-refractivity contribution in [3.63, 3.8) is 0 Å². The van der Waals surface area contributed by atoms with Gasteiger partial charge in [0.15, 0.2) is 16.4 Å². The molecule has 1 saturated heterocycles. The molecule has 24 heavy (non-hydrogen) atoms. The fraction of sp³-hybridized carbons (Fsp3) is 0.800. The van der Waals surface area contributed by atoms with Crippen LogP contribution in [0.25, 0.3) is 0 Å². The maximum absolute atomic E-state index is 11.7. The summed E-state index contributed by atoms with van der Waals surface area (Å²) in [6, 6.07) is -0.497. The highest BCUT2D eigenvalue weighted by molar-refractivity contribution is 7.91. The molecule has 0 spiro atoms. The number of amides is 3. The first-order valence-corrected chi connectivity index (χ1v) is 10.1. The molecule has 9 heteroatoms. The van der Waals surface area contributed by atoms with Crippen molar-refractivity contribution < 1.29 is 27.5 Å². The van der Waals surface area contributed by atoms with Gasteiger partial charge in [-0.3, -0.25) is 14.9 Å². The SMILES string of the molecule is O=C(COC(=O)C[C@H]1CCS(=O)(=O)C1)NC(=O)NC1CCCCC1. The molecule has 3 amide bonds. The normalized spacial score (nSPS) is 23.4. The van der Waals surface area contributed by atoms with E-state index < -0.39 is 34.4 Å². The Hall–Kier alpha value is -1.64. The van der Waals surface area contributed by atoms with Crippen LogP contribution in [0.5, 0.6) is 0 Å². The van der Waals surface area contributed by atoms with Gasteiger partial charge in [0.05, 0.1) is 11.5 Å². The molecule has 0 radical (unpaired) electrons. The molecule has 136 valence electrons. The second-order valence-corrected chi connectivity index (χ2v) is 8.72. The van der Waals surface area contributed by atoms with Crippen molar-refractivity contribution in [1.82, 2.24) is 10.6 Å². The van der Waals surface area contributed by atoms with E-state index in [0.717, 1.165) is 32.1 Å². The molecule has 2 aliphatic rings. The molecular weight excluding hydrogens is 336 g/mol. The molecule has 1 atom stereocenters. The van der Waals surface area contributed by atoms with Crippen LogP contribution in [0.15, 0.2) is 0 Å². The standard InChI is InChI=1S/C15H24N2O6S/c18-13(17-15(20)16-12-4-2-1-3-5-12)9-23-14(19)8-11-6-7-24(21,22)10-11/h11-12H,1-10H2,(H2,16,17,18,20)/t11-/m1/s1. The van der Waals surface area contributed by atoms with E-state index in [1.807, 2.05) is 0 Å². The van der Waals surface area contributed by atoms with Gasteiger partial charge in [-0.2, -0.15) is 0 Å². The molecular formula is C15H24N2O6S. The van der Waals surface area contributed by atoms with E-state index in [4.69, 9.17) is 4.74 Å². The number of esters is 1. The van der Waals surface area contributed by atoms with E-state index in [1.54, 1.807) is 0 Å². The highest BCUT2D eigenvalue weighted by Gasteiger charge is 2.30. The first-order valence-electron chi connectivity index (χ1n) is 8.30. The number of urea groups is 1. The Labute approximate surface area is 141 Å². The molecule has 0 aromatic carbocycles. The van der Waals surface area contributed by atoms with E-state index >= 15 is 0 Å². The zero-order valence-corrected chi connectivity index (χ0v) is 14.4. The van der Waals surface area contributed by atoms with Gasteiger partial charge < -0.3 is 10.1 Å². The van der Waals surface area contributed by atoms with Crippen LogP contribution < -0.4 is 10.6 Å². The fourth-order valence-electron chi connectivity index (χ4n) is 3.10. The van der Waals surface area contributed by atoms with Gasteiger partial charge in [0.2, 0.25) is 0 Å². The molecule has 8 nitrogen and oxygen atoms in total. The molecule has 1 saturated carbocycles. The van der Waals surface area contributed by atoms with Gasteiger partial charge in [-0.05, 0) is 25.2 Å². The summed E-state index contributed by atoms with van der Waals surface area (Å²) in [6.45, 7) is -0.545. The van der Waals surface area contributed by atoms with Crippen molar-refractivity contribution in [2.24, 2.45) is 5.92 Å². The number of imide groups is 1. The molecule has 1 heterocycles. The summed E-state index contributed by atoms with van der Waals surface area (Å²) < 4.78 is 27.4. The second-order valence-electron chi connectivity index (χ2n) is 6.49. The third kappa shape index (κ3) is 6.46. The van der Waals surface area contributed by atoms with Gasteiger partial charge in [0.1, 0.15) is 0 Å². The van der Waals surface area contributed by atoms with Crippen molar-refractivity contribution >= 4 is 27.7 Å². The molecule has 1 aliphatic carbocycles. The van der Waals surface area contributed by atoms with Crippen LogP contribution in [-0.2, 0) is 24.2 Å². The van der Waals surface area contributed by atoms with Gasteiger partial charge >= 0.3 is 12.0 Å². The largest absolute Gasteiger partial charge is 0.456 e. The van der Waals surface area contributed by atoms with E-state index in [9.17, 15) is 22.8 Å². The van der Waals surface area contributed by atoms with Crippen LogP contribution in [0.4, 0.5) is 4.79 Å². The third-order valence-corrected chi connectivity index (χ3v) is 6.18. The quantitative estimate of drug-likeness (QED) is 0.690. The molecule has 1 aliphatic heterocycles. The minimum absolute atomic E-state index is 0.0158. The topological polar surface area (TPSA) is 119 Å². The number of carbonyl (C=O) groups excluding carboxylic acids is 3. The average Bonchev–Trinajstić information content (AvgIpc) is 2.85. The lowest BCUT2D eigenvalue weighted by atomic mass is 9.96. The lowest BCUT2D eigenvalue weighted by Crippen LogP contribution is -2.46. The smallest absolute Gasteiger partial charge is 0.321 e. The lowest BCUT2D eigenvalue weighted by molar-refractivity contribution is -0.149. The number of nitrogens with one attached hydrogen (secondary N) is 2. The number of sulfone groups is 1. The maximum atomic E-state index is 11.7. The van der Waals surface area contributed by atoms with Gasteiger partial charge in [0, 0.05) is 12.5 Å². The molecule has 2 fully saturated rings. The molecule has 2 N–H and O–H groups in total. The molecule has 0 unspecified atom stereocenters. The van der Waals surface area contributed by atoms with E-state index in [-0.39, 0.29) is 29.9 Å². The Balaban J connectivity index is 1.61. The predicted octanol–water partition coefficient (Wildman–Crippen LogP) is 0.513. The number of carbonyl (C=O) groups is 3. The van der Waals surface area contributed by atoms with Gasteiger partial charge in [0.25, 0.3) is 5.91 Å². The van der Waals surface area contributed by atoms with E-state index in [1.165, 1.54) is 0 Å². The van der Waals surface area contributed by atoms with Crippen molar-refractivity contribution in [3.8, 4) is 0 Å². The van der Waals surface area contributed by atoms with Gasteiger partial charge in [-0.15, -0.1) is 0 Å². The maximum Gasteiger partial charge on any atom is 0.321 e. The van der Waals surface area contributed by atoms with Crippen LogP contribution >= 0.6 is 0 Å². The van der Waals surface area contributed by atoms with Crippen molar-refractivity contribution in [2.75, 3.05) is 18.1 Å². The Morgan fingerprint density at radius 3 is 2.38 bits per heavy atom. The lowest BCUT2D eigenvalue weighted by Gasteiger charge is -2.22. The number of hydrogen-bond donors (Lipinski definition) is 2. The minimum atomic E-state index is -3.04. The van der Waals surface area contributed by atoms with Crippen molar-refractivity contribution in [2.45, 2.75) is 51.0 Å². The first kappa shape index (κ1) is 18.7. The molecule has 0 bridgehead atoms. The Morgan fingerprint density at radius 1 is 1.04 bits per heavy atom. The van der Waals surface area contributed by atoms with Gasteiger partial charge in [-0.1, -0.05) is 19.3 Å². The molecule has 2 rings (SSSR count). The Morgan fingerprint density at radius 2 is 1.75 bits per heavy atom.